The molecule has 18 heavy (non-hydrogen) atoms. The first-order valence-electron chi connectivity index (χ1n) is 6.54. The van der Waals surface area contributed by atoms with Gasteiger partial charge in [-0.1, -0.05) is 12.1 Å². The van der Waals surface area contributed by atoms with E-state index in [9.17, 15) is 0 Å². The van der Waals surface area contributed by atoms with Crippen molar-refractivity contribution in [3.05, 3.63) is 29.5 Å². The Morgan fingerprint density at radius 2 is 1.89 bits per heavy atom. The number of aromatic nitrogens is 2. The lowest BCUT2D eigenvalue weighted by Crippen LogP contribution is -2.47. The fourth-order valence-corrected chi connectivity index (χ4v) is 3.18. The summed E-state index contributed by atoms with van der Waals surface area (Å²) in [4.78, 5) is 8.87. The van der Waals surface area contributed by atoms with Crippen LogP contribution >= 0.6 is 11.6 Å². The minimum Gasteiger partial charge on any atom is -0.274 e. The van der Waals surface area contributed by atoms with Gasteiger partial charge in [-0.15, -0.1) is 0 Å². The first kappa shape index (κ1) is 11.9. The Labute approximate surface area is 112 Å². The summed E-state index contributed by atoms with van der Waals surface area (Å²) in [5.41, 5.74) is 0.949. The average molecular weight is 263 g/mol. The second-order valence-electron chi connectivity index (χ2n) is 4.95. The summed E-state index contributed by atoms with van der Waals surface area (Å²) in [6.45, 7) is 5.62. The van der Waals surface area contributed by atoms with Gasteiger partial charge in [0.25, 0.3) is 0 Å². The highest BCUT2D eigenvalue weighted by atomic mass is 35.5. The zero-order chi connectivity index (χ0) is 12.6. The van der Waals surface area contributed by atoms with E-state index in [1.54, 1.807) is 0 Å². The number of hydrogen-bond donors (Lipinski definition) is 0. The second kappa shape index (κ2) is 4.48. The highest BCUT2D eigenvalue weighted by Gasteiger charge is 2.36. The molecule has 4 heteroatoms. The number of fused-ring (bicyclic) bond motifs is 1. The molecule has 0 amide bonds. The van der Waals surface area contributed by atoms with Crippen LogP contribution in [0.4, 0.5) is 5.82 Å². The van der Waals surface area contributed by atoms with Crippen LogP contribution in [-0.2, 0) is 0 Å². The molecule has 1 aliphatic rings. The molecule has 0 N–H and O–H groups in total. The van der Waals surface area contributed by atoms with Crippen LogP contribution in [0.5, 0.6) is 0 Å². The highest BCUT2D eigenvalue weighted by Crippen LogP contribution is 2.33. The Bertz CT molecular complexity index is 576. The van der Waals surface area contributed by atoms with E-state index in [0.717, 1.165) is 40.8 Å². The Morgan fingerprint density at radius 1 is 1.17 bits per heavy atom. The lowest BCUT2D eigenvalue weighted by Gasteiger charge is -2.31. The van der Waals surface area contributed by atoms with Crippen LogP contribution < -0.4 is 4.48 Å². The summed E-state index contributed by atoms with van der Waals surface area (Å²) in [6, 6.07) is 8.16. The minimum absolute atomic E-state index is 0.363. The summed E-state index contributed by atoms with van der Waals surface area (Å²) in [6.07, 6.45) is 2.54. The van der Waals surface area contributed by atoms with E-state index < -0.39 is 0 Å². The smallest absolute Gasteiger partial charge is 0.239 e. The molecule has 0 bridgehead atoms. The van der Waals surface area contributed by atoms with Crippen LogP contribution in [0.1, 0.15) is 19.8 Å². The predicted molar refractivity (Wildman–Crippen MR) is 75.9 cm³/mol. The van der Waals surface area contributed by atoms with Gasteiger partial charge in [-0.05, 0) is 30.7 Å². The molecule has 1 aromatic heterocycles. The maximum Gasteiger partial charge on any atom is 0.239 e. The van der Waals surface area contributed by atoms with E-state index in [1.165, 1.54) is 12.8 Å². The third-order valence-electron chi connectivity index (χ3n) is 4.03. The van der Waals surface area contributed by atoms with Crippen molar-refractivity contribution in [2.75, 3.05) is 19.6 Å². The topological polar surface area (TPSA) is 25.8 Å². The van der Waals surface area contributed by atoms with Gasteiger partial charge in [-0.3, -0.25) is 4.48 Å². The molecule has 0 atom stereocenters. The average Bonchev–Trinajstić information content (AvgIpc) is 2.87. The van der Waals surface area contributed by atoms with Crippen molar-refractivity contribution < 1.29 is 0 Å². The molecule has 0 unspecified atom stereocenters. The number of nitrogens with zero attached hydrogens (tertiary/aromatic N) is 3. The molecule has 0 radical (unpaired) electrons. The molecule has 1 aromatic carbocycles. The van der Waals surface area contributed by atoms with Crippen molar-refractivity contribution in [3.8, 4) is 0 Å². The van der Waals surface area contributed by atoms with Crippen LogP contribution in [0.25, 0.3) is 10.9 Å². The number of benzene rings is 1. The number of para-hydroxylation sites is 1. The Hall–Kier alpha value is -1.19. The van der Waals surface area contributed by atoms with Crippen LogP contribution in [0.15, 0.2) is 24.3 Å². The third-order valence-corrected chi connectivity index (χ3v) is 4.20. The zero-order valence-corrected chi connectivity index (χ0v) is 11.3. The SMILES string of the molecule is CC[N+]1(c2nc(Cl)nc3ccccc23)CCCC1. The molecule has 2 aromatic rings. The Kier molecular flexibility index (Phi) is 2.96. The first-order valence-corrected chi connectivity index (χ1v) is 6.92. The van der Waals surface area contributed by atoms with E-state index >= 15 is 0 Å². The maximum atomic E-state index is 6.09. The zero-order valence-electron chi connectivity index (χ0n) is 10.6. The summed E-state index contributed by atoms with van der Waals surface area (Å²) in [7, 11) is 0. The molecule has 1 fully saturated rings. The van der Waals surface area contributed by atoms with E-state index in [-0.39, 0.29) is 0 Å². The van der Waals surface area contributed by atoms with Crippen molar-refractivity contribution in [1.82, 2.24) is 14.5 Å². The molecule has 0 spiro atoms. The van der Waals surface area contributed by atoms with E-state index in [2.05, 4.69) is 23.0 Å². The van der Waals surface area contributed by atoms with Gasteiger partial charge < -0.3 is 0 Å². The quantitative estimate of drug-likeness (QED) is 0.612. The molecule has 3 nitrogen and oxygen atoms in total. The van der Waals surface area contributed by atoms with Crippen LogP contribution in [0.2, 0.25) is 5.28 Å². The minimum atomic E-state index is 0.363. The first-order chi connectivity index (χ1) is 8.75. The van der Waals surface area contributed by atoms with E-state index in [0.29, 0.717) is 5.28 Å². The van der Waals surface area contributed by atoms with Gasteiger partial charge in [0.05, 0.1) is 30.5 Å². The van der Waals surface area contributed by atoms with Crippen molar-refractivity contribution in [2.45, 2.75) is 19.8 Å². The lowest BCUT2D eigenvalue weighted by atomic mass is 10.2. The number of quaternary nitrogens is 1. The molecule has 0 aliphatic carbocycles. The fourth-order valence-electron chi connectivity index (χ4n) is 3.01. The molecule has 2 heterocycles. The maximum absolute atomic E-state index is 6.09. The summed E-state index contributed by atoms with van der Waals surface area (Å²) in [5.74, 6) is 1.10. The van der Waals surface area contributed by atoms with E-state index in [1.807, 2.05) is 18.2 Å². The molecule has 94 valence electrons. The van der Waals surface area contributed by atoms with Crippen LogP contribution in [0.3, 0.4) is 0 Å². The summed E-state index contributed by atoms with van der Waals surface area (Å²) in [5, 5.41) is 1.51. The fraction of sp³-hybridized carbons (Fsp3) is 0.429. The van der Waals surface area contributed by atoms with Gasteiger partial charge in [0.1, 0.15) is 0 Å². The number of hydrogen-bond acceptors (Lipinski definition) is 2. The van der Waals surface area contributed by atoms with E-state index in [4.69, 9.17) is 11.6 Å². The molecular formula is C14H17ClN3+. The normalized spacial score (nSPS) is 18.3. The Morgan fingerprint density at radius 3 is 2.61 bits per heavy atom. The highest BCUT2D eigenvalue weighted by molar-refractivity contribution is 6.28. The van der Waals surface area contributed by atoms with Gasteiger partial charge in [-0.25, -0.2) is 4.98 Å². The monoisotopic (exact) mass is 262 g/mol. The standard InChI is InChI=1S/C14H17ClN3/c1-2-18(9-5-6-10-18)13-11-7-3-4-8-12(11)16-14(15)17-13/h3-4,7-8H,2,5-6,9-10H2,1H3/q+1. The number of likely N-dealkylation sites (tertiary alicyclic amines) is 1. The largest absolute Gasteiger partial charge is 0.274 e. The lowest BCUT2D eigenvalue weighted by molar-refractivity contribution is 0.345. The summed E-state index contributed by atoms with van der Waals surface area (Å²) < 4.78 is 0.947. The van der Waals surface area contributed by atoms with Crippen molar-refractivity contribution >= 4 is 28.3 Å². The van der Waals surface area contributed by atoms with Gasteiger partial charge in [-0.2, -0.15) is 4.98 Å². The predicted octanol–water partition coefficient (Wildman–Crippen LogP) is 3.40. The number of rotatable bonds is 2. The van der Waals surface area contributed by atoms with Gasteiger partial charge in [0, 0.05) is 12.8 Å². The van der Waals surface area contributed by atoms with Crippen molar-refractivity contribution in [3.63, 3.8) is 0 Å². The van der Waals surface area contributed by atoms with Gasteiger partial charge in [0.2, 0.25) is 11.1 Å². The van der Waals surface area contributed by atoms with Crippen molar-refractivity contribution in [2.24, 2.45) is 0 Å². The van der Waals surface area contributed by atoms with Crippen LogP contribution in [0, 0.1) is 0 Å². The molecule has 0 saturated carbocycles. The molecular weight excluding hydrogens is 246 g/mol. The second-order valence-corrected chi connectivity index (χ2v) is 5.29. The molecule has 3 rings (SSSR count). The van der Waals surface area contributed by atoms with Crippen molar-refractivity contribution in [1.29, 1.82) is 0 Å². The molecule has 1 saturated heterocycles. The number of halogens is 1. The summed E-state index contributed by atoms with van der Waals surface area (Å²) >= 11 is 6.09. The van der Waals surface area contributed by atoms with Gasteiger partial charge >= 0.3 is 0 Å². The third kappa shape index (κ3) is 1.78. The Balaban J connectivity index is 2.27. The molecule has 1 aliphatic heterocycles. The van der Waals surface area contributed by atoms with Crippen LogP contribution in [-0.4, -0.2) is 29.6 Å². The van der Waals surface area contributed by atoms with Gasteiger partial charge in [0.15, 0.2) is 0 Å².